The highest BCUT2D eigenvalue weighted by atomic mass is 16.5. The van der Waals surface area contributed by atoms with Gasteiger partial charge in [0, 0.05) is 38.3 Å². The van der Waals surface area contributed by atoms with E-state index in [0.29, 0.717) is 18.8 Å². The van der Waals surface area contributed by atoms with E-state index in [2.05, 4.69) is 50.1 Å². The molecule has 0 atom stereocenters. The molecule has 2 rings (SSSR count). The van der Waals surface area contributed by atoms with E-state index in [9.17, 15) is 15.0 Å². The summed E-state index contributed by atoms with van der Waals surface area (Å²) in [6, 6.07) is 7.56. The smallest absolute Gasteiger partial charge is 0.227 e. The standard InChI is InChI=1S/C30H48N2O6/c1-21(2)30(22(3)4,29(35)31-20-24-19-27(33)32-28(24)34)15-10-8-7-9-12-23-13-14-25(37-6)26(18-23)38-17-11-16-36-5/h13-14,18-19,21-22,32-34H,7-12,15-17,20H2,1-6H3,(H,31,35). The third kappa shape index (κ3) is 8.58. The van der Waals surface area contributed by atoms with Crippen molar-refractivity contribution in [1.82, 2.24) is 10.3 Å². The van der Waals surface area contributed by atoms with Crippen molar-refractivity contribution in [3.63, 3.8) is 0 Å². The number of aromatic nitrogens is 1. The third-order valence-corrected chi connectivity index (χ3v) is 7.57. The fourth-order valence-corrected chi connectivity index (χ4v) is 5.30. The Kier molecular flexibility index (Phi) is 12.8. The number of aromatic hydroxyl groups is 2. The molecule has 214 valence electrons. The Morgan fingerprint density at radius 2 is 1.66 bits per heavy atom. The molecule has 0 unspecified atom stereocenters. The highest BCUT2D eigenvalue weighted by Crippen LogP contribution is 2.41. The van der Waals surface area contributed by atoms with E-state index in [1.807, 2.05) is 6.07 Å². The molecule has 1 aromatic carbocycles. The molecular weight excluding hydrogens is 484 g/mol. The predicted molar refractivity (Wildman–Crippen MR) is 150 cm³/mol. The van der Waals surface area contributed by atoms with Crippen molar-refractivity contribution in [3.05, 3.63) is 35.4 Å². The number of hydrogen-bond donors (Lipinski definition) is 4. The summed E-state index contributed by atoms with van der Waals surface area (Å²) in [6.45, 7) is 9.86. The van der Waals surface area contributed by atoms with Gasteiger partial charge in [-0.2, -0.15) is 0 Å². The van der Waals surface area contributed by atoms with E-state index >= 15 is 0 Å². The molecule has 8 nitrogen and oxygen atoms in total. The number of methoxy groups -OCH3 is 2. The number of carbonyl (C=O) groups is 1. The zero-order valence-corrected chi connectivity index (χ0v) is 24.1. The maximum atomic E-state index is 13.4. The number of nitrogens with one attached hydrogen (secondary N) is 2. The normalized spacial score (nSPS) is 11.8. The molecule has 1 aromatic heterocycles. The molecule has 0 aliphatic carbocycles. The molecule has 0 radical (unpaired) electrons. The van der Waals surface area contributed by atoms with E-state index in [0.717, 1.165) is 56.4 Å². The molecule has 0 aliphatic heterocycles. The summed E-state index contributed by atoms with van der Waals surface area (Å²) in [5.41, 5.74) is 1.20. The molecule has 1 heterocycles. The largest absolute Gasteiger partial charge is 0.495 e. The van der Waals surface area contributed by atoms with Gasteiger partial charge in [-0.3, -0.25) is 9.78 Å². The SMILES string of the molecule is COCCCOc1cc(CCCCCCC(C(=O)NCc2cc(O)[nH]c2O)(C(C)C)C(C)C)ccc1OC. The third-order valence-electron chi connectivity index (χ3n) is 7.57. The van der Waals surface area contributed by atoms with Gasteiger partial charge in [0.05, 0.1) is 19.1 Å². The summed E-state index contributed by atoms with van der Waals surface area (Å²) in [5.74, 6) is 1.60. The lowest BCUT2D eigenvalue weighted by molar-refractivity contribution is -0.138. The first-order valence-electron chi connectivity index (χ1n) is 13.8. The minimum Gasteiger partial charge on any atom is -0.495 e. The minimum absolute atomic E-state index is 0.00106. The van der Waals surface area contributed by atoms with Crippen molar-refractivity contribution in [1.29, 1.82) is 0 Å². The number of carbonyl (C=O) groups excluding carboxylic acids is 1. The Hall–Kier alpha value is -2.87. The van der Waals surface area contributed by atoms with Crippen LogP contribution in [0.2, 0.25) is 0 Å². The van der Waals surface area contributed by atoms with E-state index in [1.165, 1.54) is 11.6 Å². The number of benzene rings is 1. The summed E-state index contributed by atoms with van der Waals surface area (Å²) in [5, 5.41) is 22.4. The van der Waals surface area contributed by atoms with E-state index < -0.39 is 5.41 Å². The molecule has 38 heavy (non-hydrogen) atoms. The maximum Gasteiger partial charge on any atom is 0.227 e. The first-order chi connectivity index (χ1) is 18.1. The highest BCUT2D eigenvalue weighted by molar-refractivity contribution is 5.83. The second-order valence-corrected chi connectivity index (χ2v) is 10.7. The van der Waals surface area contributed by atoms with Crippen LogP contribution in [0.1, 0.15) is 77.3 Å². The molecule has 0 bridgehead atoms. The summed E-state index contributed by atoms with van der Waals surface area (Å²) in [6.07, 6.45) is 6.77. The zero-order valence-electron chi connectivity index (χ0n) is 24.1. The van der Waals surface area contributed by atoms with Crippen LogP contribution >= 0.6 is 0 Å². The number of aromatic amines is 1. The number of ether oxygens (including phenoxy) is 3. The van der Waals surface area contributed by atoms with Gasteiger partial charge in [-0.05, 0) is 48.8 Å². The second kappa shape index (κ2) is 15.5. The Balaban J connectivity index is 1.87. The number of unbranched alkanes of at least 4 members (excludes halogenated alkanes) is 3. The van der Waals surface area contributed by atoms with Crippen molar-refractivity contribution in [3.8, 4) is 23.3 Å². The van der Waals surface area contributed by atoms with Crippen LogP contribution < -0.4 is 14.8 Å². The van der Waals surface area contributed by atoms with Crippen LogP contribution in [0.5, 0.6) is 23.3 Å². The van der Waals surface area contributed by atoms with Gasteiger partial charge in [-0.1, -0.05) is 53.0 Å². The molecular formula is C30H48N2O6. The van der Waals surface area contributed by atoms with Crippen molar-refractivity contribution < 1.29 is 29.2 Å². The van der Waals surface area contributed by atoms with Crippen molar-refractivity contribution in [2.75, 3.05) is 27.4 Å². The van der Waals surface area contributed by atoms with E-state index in [1.54, 1.807) is 14.2 Å². The molecule has 0 aliphatic rings. The van der Waals surface area contributed by atoms with Crippen LogP contribution in [0, 0.1) is 17.3 Å². The summed E-state index contributed by atoms with van der Waals surface area (Å²) in [7, 11) is 3.34. The van der Waals surface area contributed by atoms with Crippen molar-refractivity contribution in [2.24, 2.45) is 17.3 Å². The fraction of sp³-hybridized carbons (Fsp3) is 0.633. The highest BCUT2D eigenvalue weighted by Gasteiger charge is 2.43. The number of rotatable bonds is 18. The average molecular weight is 533 g/mol. The van der Waals surface area contributed by atoms with Crippen LogP contribution in [0.15, 0.2) is 24.3 Å². The number of amides is 1. The minimum atomic E-state index is -0.501. The van der Waals surface area contributed by atoms with Gasteiger partial charge in [0.15, 0.2) is 23.3 Å². The van der Waals surface area contributed by atoms with E-state index in [-0.39, 0.29) is 36.0 Å². The lowest BCUT2D eigenvalue weighted by atomic mass is 9.65. The fourth-order valence-electron chi connectivity index (χ4n) is 5.30. The molecule has 0 spiro atoms. The molecule has 0 saturated heterocycles. The molecule has 4 N–H and O–H groups in total. The number of hydrogen-bond acceptors (Lipinski definition) is 6. The second-order valence-electron chi connectivity index (χ2n) is 10.7. The number of aryl methyl sites for hydroxylation is 1. The van der Waals surface area contributed by atoms with Gasteiger partial charge in [0.1, 0.15) is 0 Å². The Morgan fingerprint density at radius 3 is 2.26 bits per heavy atom. The van der Waals surface area contributed by atoms with Crippen molar-refractivity contribution >= 4 is 5.91 Å². The van der Waals surface area contributed by atoms with Crippen LogP contribution in [-0.2, 0) is 22.5 Å². The zero-order chi connectivity index (χ0) is 28.1. The van der Waals surface area contributed by atoms with Crippen molar-refractivity contribution in [2.45, 2.75) is 79.2 Å². The molecule has 0 saturated carbocycles. The maximum absolute atomic E-state index is 13.4. The van der Waals surface area contributed by atoms with Gasteiger partial charge < -0.3 is 29.7 Å². The molecule has 0 fully saturated rings. The lowest BCUT2D eigenvalue weighted by Gasteiger charge is -2.40. The van der Waals surface area contributed by atoms with E-state index in [4.69, 9.17) is 14.2 Å². The first-order valence-corrected chi connectivity index (χ1v) is 13.8. The van der Waals surface area contributed by atoms with Gasteiger partial charge in [0.2, 0.25) is 5.91 Å². The van der Waals surface area contributed by atoms with Crippen LogP contribution in [-0.4, -0.2) is 48.5 Å². The average Bonchev–Trinajstić information content (AvgIpc) is 3.20. The van der Waals surface area contributed by atoms with Crippen LogP contribution in [0.3, 0.4) is 0 Å². The summed E-state index contributed by atoms with van der Waals surface area (Å²) in [4.78, 5) is 15.9. The van der Waals surface area contributed by atoms with Gasteiger partial charge in [-0.15, -0.1) is 0 Å². The van der Waals surface area contributed by atoms with Gasteiger partial charge in [-0.25, -0.2) is 0 Å². The molecule has 1 amide bonds. The number of H-pyrrole nitrogens is 1. The molecule has 8 heteroatoms. The van der Waals surface area contributed by atoms with Crippen LogP contribution in [0.4, 0.5) is 0 Å². The Morgan fingerprint density at radius 1 is 0.947 bits per heavy atom. The monoisotopic (exact) mass is 532 g/mol. The topological polar surface area (TPSA) is 113 Å². The quantitative estimate of drug-likeness (QED) is 0.176. The summed E-state index contributed by atoms with van der Waals surface area (Å²) >= 11 is 0. The summed E-state index contributed by atoms with van der Waals surface area (Å²) < 4.78 is 16.4. The van der Waals surface area contributed by atoms with Crippen LogP contribution in [0.25, 0.3) is 0 Å². The Labute approximate surface area is 228 Å². The molecule has 2 aromatic rings. The predicted octanol–water partition coefficient (Wildman–Crippen LogP) is 5.96. The first kappa shape index (κ1) is 31.3. The van der Waals surface area contributed by atoms with Gasteiger partial charge >= 0.3 is 0 Å². The van der Waals surface area contributed by atoms with Gasteiger partial charge in [0.25, 0.3) is 0 Å². The Bertz CT molecular complexity index is 977. The lowest BCUT2D eigenvalue weighted by Crippen LogP contribution is -2.47.